The number of allylic oxidation sites excluding steroid dienone is 2. The molecule has 0 unspecified atom stereocenters. The predicted molar refractivity (Wildman–Crippen MR) is 63.0 cm³/mol. The van der Waals surface area contributed by atoms with E-state index in [0.29, 0.717) is 0 Å². The second-order valence-electron chi connectivity index (χ2n) is 2.91. The van der Waals surface area contributed by atoms with Gasteiger partial charge in [-0.05, 0) is 19.2 Å². The van der Waals surface area contributed by atoms with Gasteiger partial charge in [0, 0.05) is 24.5 Å². The third kappa shape index (κ3) is 2.39. The van der Waals surface area contributed by atoms with Gasteiger partial charge in [0.05, 0.1) is 0 Å². The Hall–Kier alpha value is -1.70. The van der Waals surface area contributed by atoms with Crippen LogP contribution in [0.3, 0.4) is 0 Å². The van der Waals surface area contributed by atoms with Crippen LogP contribution in [0, 0.1) is 0 Å². The fourth-order valence-electron chi connectivity index (χ4n) is 1.21. The maximum Gasteiger partial charge on any atom is 0.0459 e. The van der Waals surface area contributed by atoms with E-state index < -0.39 is 0 Å². The molecule has 0 bridgehead atoms. The van der Waals surface area contributed by atoms with Crippen LogP contribution in [-0.2, 0) is 0 Å². The molecule has 1 aromatic carbocycles. The predicted octanol–water partition coefficient (Wildman–Crippen LogP) is 2.82. The molecule has 0 amide bonds. The van der Waals surface area contributed by atoms with Gasteiger partial charge in [-0.15, -0.1) is 0 Å². The van der Waals surface area contributed by atoms with Crippen molar-refractivity contribution in [3.8, 4) is 0 Å². The van der Waals surface area contributed by atoms with E-state index in [0.717, 1.165) is 16.8 Å². The number of nitrogens with zero attached hydrogens (tertiary/aromatic N) is 2. The summed E-state index contributed by atoms with van der Waals surface area (Å²) >= 11 is 0. The highest BCUT2D eigenvalue weighted by Crippen LogP contribution is 2.16. The topological polar surface area (TPSA) is 24.7 Å². The van der Waals surface area contributed by atoms with Crippen molar-refractivity contribution >= 4 is 18.5 Å². The minimum absolute atomic E-state index is 0.891. The Bertz CT molecular complexity index is 361. The van der Waals surface area contributed by atoms with Crippen LogP contribution in [0.2, 0.25) is 0 Å². The van der Waals surface area contributed by atoms with Gasteiger partial charge in [-0.3, -0.25) is 9.98 Å². The van der Waals surface area contributed by atoms with Gasteiger partial charge in [-0.2, -0.15) is 0 Å². The first-order valence-electron chi connectivity index (χ1n) is 4.44. The molecule has 0 saturated carbocycles. The molecule has 1 aromatic rings. The van der Waals surface area contributed by atoms with Crippen molar-refractivity contribution in [3.63, 3.8) is 0 Å². The van der Waals surface area contributed by atoms with Gasteiger partial charge in [0.15, 0.2) is 0 Å². The molecular weight excluding hydrogens is 172 g/mol. The fraction of sp³-hybridized carbons (Fsp3) is 0.167. The SMILES string of the molecule is C=N/C(C)=C(\C=N/C)c1ccccc1. The van der Waals surface area contributed by atoms with E-state index in [4.69, 9.17) is 0 Å². The van der Waals surface area contributed by atoms with Crippen LogP contribution in [0.4, 0.5) is 0 Å². The van der Waals surface area contributed by atoms with E-state index in [1.807, 2.05) is 37.3 Å². The van der Waals surface area contributed by atoms with Gasteiger partial charge in [-0.25, -0.2) is 0 Å². The summed E-state index contributed by atoms with van der Waals surface area (Å²) in [6.07, 6.45) is 1.80. The summed E-state index contributed by atoms with van der Waals surface area (Å²) < 4.78 is 0. The van der Waals surface area contributed by atoms with Crippen molar-refractivity contribution < 1.29 is 0 Å². The molecule has 0 radical (unpaired) electrons. The summed E-state index contributed by atoms with van der Waals surface area (Å²) in [6, 6.07) is 10.0. The molecule has 72 valence electrons. The number of hydrogen-bond donors (Lipinski definition) is 0. The lowest BCUT2D eigenvalue weighted by molar-refractivity contribution is 1.33. The summed E-state index contributed by atoms with van der Waals surface area (Å²) in [6.45, 7) is 5.45. The lowest BCUT2D eigenvalue weighted by Gasteiger charge is -2.03. The minimum atomic E-state index is 0.891. The third-order valence-corrected chi connectivity index (χ3v) is 1.97. The molecule has 0 atom stereocenters. The van der Waals surface area contributed by atoms with Gasteiger partial charge in [0.25, 0.3) is 0 Å². The second kappa shape index (κ2) is 5.12. The van der Waals surface area contributed by atoms with Crippen molar-refractivity contribution in [1.29, 1.82) is 0 Å². The van der Waals surface area contributed by atoms with Crippen LogP contribution in [0.5, 0.6) is 0 Å². The second-order valence-corrected chi connectivity index (χ2v) is 2.91. The molecule has 2 heteroatoms. The molecule has 0 aliphatic heterocycles. The van der Waals surface area contributed by atoms with E-state index in [9.17, 15) is 0 Å². The molecule has 0 saturated heterocycles. The van der Waals surface area contributed by atoms with Crippen LogP contribution in [-0.4, -0.2) is 20.0 Å². The molecule has 0 aliphatic rings. The normalized spacial score (nSPS) is 12.7. The molecule has 0 spiro atoms. The summed E-state index contributed by atoms with van der Waals surface area (Å²) in [7, 11) is 1.75. The van der Waals surface area contributed by atoms with Gasteiger partial charge >= 0.3 is 0 Å². The van der Waals surface area contributed by atoms with E-state index >= 15 is 0 Å². The maximum absolute atomic E-state index is 4.01. The average molecular weight is 186 g/mol. The molecule has 0 aromatic heterocycles. The highest BCUT2D eigenvalue weighted by molar-refractivity contribution is 6.10. The molecule has 0 heterocycles. The molecular formula is C12H14N2. The van der Waals surface area contributed by atoms with Crippen molar-refractivity contribution in [2.45, 2.75) is 6.92 Å². The van der Waals surface area contributed by atoms with Crippen LogP contribution < -0.4 is 0 Å². The summed E-state index contributed by atoms with van der Waals surface area (Å²) in [5, 5.41) is 0. The first kappa shape index (κ1) is 10.4. The minimum Gasteiger partial charge on any atom is -0.296 e. The monoisotopic (exact) mass is 186 g/mol. The Morgan fingerprint density at radius 1 is 1.29 bits per heavy atom. The van der Waals surface area contributed by atoms with Gasteiger partial charge in [0.1, 0.15) is 0 Å². The molecule has 0 aliphatic carbocycles. The highest BCUT2D eigenvalue weighted by atomic mass is 14.7. The van der Waals surface area contributed by atoms with E-state index in [1.165, 1.54) is 0 Å². The number of hydrogen-bond acceptors (Lipinski definition) is 2. The Kier molecular flexibility index (Phi) is 3.80. The number of rotatable bonds is 3. The van der Waals surface area contributed by atoms with Crippen LogP contribution >= 0.6 is 0 Å². The largest absolute Gasteiger partial charge is 0.296 e. The fourth-order valence-corrected chi connectivity index (χ4v) is 1.21. The van der Waals surface area contributed by atoms with Crippen LogP contribution in [0.25, 0.3) is 5.57 Å². The molecule has 0 N–H and O–H groups in total. The van der Waals surface area contributed by atoms with Crippen LogP contribution in [0.1, 0.15) is 12.5 Å². The molecule has 2 nitrogen and oxygen atoms in total. The molecule has 0 fully saturated rings. The van der Waals surface area contributed by atoms with E-state index in [2.05, 4.69) is 16.7 Å². The smallest absolute Gasteiger partial charge is 0.0459 e. The third-order valence-electron chi connectivity index (χ3n) is 1.97. The van der Waals surface area contributed by atoms with Gasteiger partial charge in [-0.1, -0.05) is 30.3 Å². The zero-order chi connectivity index (χ0) is 10.4. The summed E-state index contributed by atoms with van der Waals surface area (Å²) in [5.74, 6) is 0. The Morgan fingerprint density at radius 2 is 1.93 bits per heavy atom. The lowest BCUT2D eigenvalue weighted by Crippen LogP contribution is -1.89. The number of aliphatic imine (C=N–C) groups is 2. The highest BCUT2D eigenvalue weighted by Gasteiger charge is 2.00. The van der Waals surface area contributed by atoms with Crippen molar-refractivity contribution in [1.82, 2.24) is 0 Å². The lowest BCUT2D eigenvalue weighted by atomic mass is 10.1. The van der Waals surface area contributed by atoms with Crippen molar-refractivity contribution in [2.24, 2.45) is 9.98 Å². The Balaban J connectivity index is 3.20. The molecule has 1 rings (SSSR count). The average Bonchev–Trinajstić information content (AvgIpc) is 2.26. The summed E-state index contributed by atoms with van der Waals surface area (Å²) in [5.41, 5.74) is 3.02. The van der Waals surface area contributed by atoms with Gasteiger partial charge < -0.3 is 0 Å². The standard InChI is InChI=1S/C12H14N2/c1-10(14-3)12(9-13-2)11-7-5-4-6-8-11/h4-9H,3H2,1-2H3/b12-10+,13-9-. The Labute approximate surface area is 84.7 Å². The molecule has 14 heavy (non-hydrogen) atoms. The van der Waals surface area contributed by atoms with Crippen LogP contribution in [0.15, 0.2) is 46.0 Å². The zero-order valence-corrected chi connectivity index (χ0v) is 8.57. The zero-order valence-electron chi connectivity index (χ0n) is 8.57. The first-order valence-corrected chi connectivity index (χ1v) is 4.44. The number of benzene rings is 1. The summed E-state index contributed by atoms with van der Waals surface area (Å²) in [4.78, 5) is 7.93. The van der Waals surface area contributed by atoms with Gasteiger partial charge in [0.2, 0.25) is 0 Å². The van der Waals surface area contributed by atoms with E-state index in [-0.39, 0.29) is 0 Å². The Morgan fingerprint density at radius 3 is 2.43 bits per heavy atom. The first-order chi connectivity index (χ1) is 6.79. The van der Waals surface area contributed by atoms with E-state index in [1.54, 1.807) is 13.3 Å². The quantitative estimate of drug-likeness (QED) is 0.648. The van der Waals surface area contributed by atoms with Crippen molar-refractivity contribution in [2.75, 3.05) is 7.05 Å². The van der Waals surface area contributed by atoms with Crippen molar-refractivity contribution in [3.05, 3.63) is 41.6 Å². The maximum atomic E-state index is 4.01.